The summed E-state index contributed by atoms with van der Waals surface area (Å²) in [5, 5.41) is 21.5. The van der Waals surface area contributed by atoms with Crippen molar-refractivity contribution in [3.63, 3.8) is 0 Å². The van der Waals surface area contributed by atoms with E-state index in [-0.39, 0.29) is 18.1 Å². The molecule has 0 saturated carbocycles. The van der Waals surface area contributed by atoms with Gasteiger partial charge < -0.3 is 25.3 Å². The SMILES string of the molecule is CN1CCCN(CC(CC(=O)Nc2cccc(O)c2)C(=O)O)CC1. The van der Waals surface area contributed by atoms with Crippen LogP contribution in [0.5, 0.6) is 5.75 Å². The summed E-state index contributed by atoms with van der Waals surface area (Å²) in [7, 11) is 2.06. The minimum Gasteiger partial charge on any atom is -0.508 e. The van der Waals surface area contributed by atoms with E-state index in [4.69, 9.17) is 0 Å². The van der Waals surface area contributed by atoms with Gasteiger partial charge in [0, 0.05) is 37.8 Å². The van der Waals surface area contributed by atoms with Crippen LogP contribution in [0.1, 0.15) is 12.8 Å². The highest BCUT2D eigenvalue weighted by Gasteiger charge is 2.25. The minimum atomic E-state index is -0.960. The van der Waals surface area contributed by atoms with Crippen molar-refractivity contribution in [1.29, 1.82) is 0 Å². The summed E-state index contributed by atoms with van der Waals surface area (Å²) >= 11 is 0. The number of nitrogens with one attached hydrogen (secondary N) is 1. The number of phenols is 1. The van der Waals surface area contributed by atoms with E-state index in [2.05, 4.69) is 22.2 Å². The van der Waals surface area contributed by atoms with Gasteiger partial charge in [-0.3, -0.25) is 9.59 Å². The number of carbonyl (C=O) groups is 2. The van der Waals surface area contributed by atoms with Gasteiger partial charge in [0.15, 0.2) is 0 Å². The lowest BCUT2D eigenvalue weighted by molar-refractivity contribution is -0.144. The molecule has 1 heterocycles. The Balaban J connectivity index is 1.90. The summed E-state index contributed by atoms with van der Waals surface area (Å²) in [6.45, 7) is 3.95. The molecule has 7 heteroatoms. The zero-order chi connectivity index (χ0) is 17.5. The van der Waals surface area contributed by atoms with E-state index in [9.17, 15) is 19.8 Å². The molecule has 1 fully saturated rings. The van der Waals surface area contributed by atoms with Crippen molar-refractivity contribution in [3.8, 4) is 5.75 Å². The second-order valence-electron chi connectivity index (χ2n) is 6.30. The summed E-state index contributed by atoms with van der Waals surface area (Å²) < 4.78 is 0. The lowest BCUT2D eigenvalue weighted by atomic mass is 10.0. The third kappa shape index (κ3) is 5.82. The molecule has 132 valence electrons. The second-order valence-corrected chi connectivity index (χ2v) is 6.30. The van der Waals surface area contributed by atoms with Gasteiger partial charge in [0.25, 0.3) is 0 Å². The first kappa shape index (κ1) is 18.2. The first-order valence-corrected chi connectivity index (χ1v) is 8.16. The molecule has 0 bridgehead atoms. The number of rotatable bonds is 6. The molecule has 1 saturated heterocycles. The first-order valence-electron chi connectivity index (χ1n) is 8.16. The van der Waals surface area contributed by atoms with Crippen LogP contribution >= 0.6 is 0 Å². The average Bonchev–Trinajstić information content (AvgIpc) is 2.71. The fraction of sp³-hybridized carbons (Fsp3) is 0.529. The summed E-state index contributed by atoms with van der Waals surface area (Å²) in [5.74, 6) is -2.01. The number of carboxylic acid groups (broad SMARTS) is 1. The van der Waals surface area contributed by atoms with Crippen LogP contribution in [-0.2, 0) is 9.59 Å². The fourth-order valence-electron chi connectivity index (χ4n) is 2.84. The lowest BCUT2D eigenvalue weighted by Gasteiger charge is -2.23. The molecule has 1 aliphatic heterocycles. The van der Waals surface area contributed by atoms with E-state index >= 15 is 0 Å². The number of aromatic hydroxyl groups is 1. The maximum Gasteiger partial charge on any atom is 0.308 e. The van der Waals surface area contributed by atoms with Crippen molar-refractivity contribution in [2.75, 3.05) is 45.1 Å². The standard InChI is InChI=1S/C17H25N3O4/c1-19-6-3-7-20(9-8-19)12-13(17(23)24)10-16(22)18-14-4-2-5-15(21)11-14/h2,4-5,11,13,21H,3,6-10,12H2,1H3,(H,18,22)(H,23,24). The van der Waals surface area contributed by atoms with Gasteiger partial charge in [0.05, 0.1) is 5.92 Å². The van der Waals surface area contributed by atoms with Gasteiger partial charge in [-0.1, -0.05) is 6.07 Å². The van der Waals surface area contributed by atoms with E-state index in [0.29, 0.717) is 12.2 Å². The molecule has 1 amide bonds. The van der Waals surface area contributed by atoms with E-state index in [1.807, 2.05) is 0 Å². The number of likely N-dealkylation sites (N-methyl/N-ethyl adjacent to an activating group) is 1. The quantitative estimate of drug-likeness (QED) is 0.720. The molecule has 0 aliphatic carbocycles. The van der Waals surface area contributed by atoms with Gasteiger partial charge in [-0.25, -0.2) is 0 Å². The molecule has 0 aromatic heterocycles. The zero-order valence-corrected chi connectivity index (χ0v) is 13.9. The van der Waals surface area contributed by atoms with E-state index in [1.165, 1.54) is 12.1 Å². The van der Waals surface area contributed by atoms with E-state index in [1.54, 1.807) is 12.1 Å². The van der Waals surface area contributed by atoms with Crippen molar-refractivity contribution in [2.24, 2.45) is 5.92 Å². The molecule has 1 aromatic rings. The summed E-state index contributed by atoms with van der Waals surface area (Å²) in [4.78, 5) is 28.0. The van der Waals surface area contributed by atoms with Crippen LogP contribution in [0.3, 0.4) is 0 Å². The maximum atomic E-state index is 12.1. The highest BCUT2D eigenvalue weighted by molar-refractivity contribution is 5.93. The number of carboxylic acids is 1. The Labute approximate surface area is 141 Å². The Morgan fingerprint density at radius 3 is 2.75 bits per heavy atom. The van der Waals surface area contributed by atoms with E-state index < -0.39 is 11.9 Å². The smallest absolute Gasteiger partial charge is 0.308 e. The van der Waals surface area contributed by atoms with Crippen molar-refractivity contribution in [2.45, 2.75) is 12.8 Å². The van der Waals surface area contributed by atoms with Crippen molar-refractivity contribution in [3.05, 3.63) is 24.3 Å². The molecule has 1 unspecified atom stereocenters. The van der Waals surface area contributed by atoms with Crippen molar-refractivity contribution in [1.82, 2.24) is 9.80 Å². The lowest BCUT2D eigenvalue weighted by Crippen LogP contribution is -2.37. The third-order valence-electron chi connectivity index (χ3n) is 4.20. The van der Waals surface area contributed by atoms with Gasteiger partial charge in [0.2, 0.25) is 5.91 Å². The number of carbonyl (C=O) groups excluding carboxylic acids is 1. The normalized spacial score (nSPS) is 17.9. The number of hydrogen-bond acceptors (Lipinski definition) is 5. The third-order valence-corrected chi connectivity index (χ3v) is 4.20. The van der Waals surface area contributed by atoms with Crippen LogP contribution in [0.4, 0.5) is 5.69 Å². The number of hydrogen-bond donors (Lipinski definition) is 3. The molecular weight excluding hydrogens is 310 g/mol. The number of phenolic OH excluding ortho intramolecular Hbond substituents is 1. The molecular formula is C17H25N3O4. The molecule has 1 aliphatic rings. The van der Waals surface area contributed by atoms with Crippen molar-refractivity contribution < 1.29 is 19.8 Å². The summed E-state index contributed by atoms with van der Waals surface area (Å²) in [6.07, 6.45) is 0.912. The summed E-state index contributed by atoms with van der Waals surface area (Å²) in [6, 6.07) is 6.20. The number of amides is 1. The van der Waals surface area contributed by atoms with Crippen LogP contribution in [0, 0.1) is 5.92 Å². The molecule has 3 N–H and O–H groups in total. The molecule has 1 aromatic carbocycles. The zero-order valence-electron chi connectivity index (χ0n) is 13.9. The molecule has 0 radical (unpaired) electrons. The van der Waals surface area contributed by atoms with Gasteiger partial charge in [-0.2, -0.15) is 0 Å². The second kappa shape index (κ2) is 8.65. The van der Waals surface area contributed by atoms with Crippen LogP contribution in [0.25, 0.3) is 0 Å². The predicted octanol–water partition coefficient (Wildman–Crippen LogP) is 1.06. The van der Waals surface area contributed by atoms with Gasteiger partial charge in [0.1, 0.15) is 5.75 Å². The minimum absolute atomic E-state index is 0.0521. The topological polar surface area (TPSA) is 93.1 Å². The molecule has 24 heavy (non-hydrogen) atoms. The number of anilines is 1. The number of nitrogens with zero attached hydrogens (tertiary/aromatic N) is 2. The highest BCUT2D eigenvalue weighted by Crippen LogP contribution is 2.17. The van der Waals surface area contributed by atoms with Crippen LogP contribution < -0.4 is 5.32 Å². The largest absolute Gasteiger partial charge is 0.508 e. The Bertz CT molecular complexity index is 579. The Morgan fingerprint density at radius 2 is 2.04 bits per heavy atom. The maximum absolute atomic E-state index is 12.1. The Kier molecular flexibility index (Phi) is 6.57. The van der Waals surface area contributed by atoms with E-state index in [0.717, 1.165) is 32.6 Å². The van der Waals surface area contributed by atoms with Crippen LogP contribution in [0.2, 0.25) is 0 Å². The molecule has 7 nitrogen and oxygen atoms in total. The molecule has 2 rings (SSSR count). The van der Waals surface area contributed by atoms with Gasteiger partial charge in [-0.15, -0.1) is 0 Å². The van der Waals surface area contributed by atoms with Gasteiger partial charge in [-0.05, 0) is 38.7 Å². The number of aliphatic carboxylic acids is 1. The predicted molar refractivity (Wildman–Crippen MR) is 91.0 cm³/mol. The van der Waals surface area contributed by atoms with Crippen LogP contribution in [-0.4, -0.2) is 71.7 Å². The van der Waals surface area contributed by atoms with Crippen molar-refractivity contribution >= 4 is 17.6 Å². The Morgan fingerprint density at radius 1 is 1.25 bits per heavy atom. The molecule has 1 atom stereocenters. The summed E-state index contributed by atoms with van der Waals surface area (Å²) in [5.41, 5.74) is 0.459. The van der Waals surface area contributed by atoms with Crippen LogP contribution in [0.15, 0.2) is 24.3 Å². The molecule has 0 spiro atoms. The van der Waals surface area contributed by atoms with Gasteiger partial charge >= 0.3 is 5.97 Å². The Hall–Kier alpha value is -2.12. The fourth-order valence-corrected chi connectivity index (χ4v) is 2.84. The average molecular weight is 335 g/mol. The monoisotopic (exact) mass is 335 g/mol. The highest BCUT2D eigenvalue weighted by atomic mass is 16.4. The number of benzene rings is 1. The first-order chi connectivity index (χ1) is 11.4.